The molecule has 2 saturated heterocycles. The third kappa shape index (κ3) is 5.20. The van der Waals surface area contributed by atoms with Gasteiger partial charge < -0.3 is 14.4 Å². The Balaban J connectivity index is 1.45. The first-order valence-electron chi connectivity index (χ1n) is 9.33. The minimum atomic E-state index is -3.21. The fraction of sp³-hybridized carbons (Fsp3) is 0.632. The number of ether oxygens (including phenoxy) is 2. The molecule has 0 spiro atoms. The van der Waals surface area contributed by atoms with E-state index in [2.05, 4.69) is 0 Å². The molecule has 3 rings (SSSR count). The van der Waals surface area contributed by atoms with Crippen LogP contribution in [0.1, 0.15) is 37.7 Å². The van der Waals surface area contributed by atoms with E-state index in [-0.39, 0.29) is 24.6 Å². The SMILES string of the molecule is O=C(OCC1CCCCO1)N1CCC(S(=O)(=O)Cc2ccccc2)CC1. The number of benzene rings is 1. The number of carbonyl (C=O) groups excluding carboxylic acids is 1. The fourth-order valence-corrected chi connectivity index (χ4v) is 5.34. The minimum Gasteiger partial charge on any atom is -0.447 e. The van der Waals surface area contributed by atoms with Gasteiger partial charge in [-0.3, -0.25) is 0 Å². The maximum atomic E-state index is 12.6. The number of nitrogens with zero attached hydrogens (tertiary/aromatic N) is 1. The molecule has 1 atom stereocenters. The molecule has 26 heavy (non-hydrogen) atoms. The van der Waals surface area contributed by atoms with Crippen LogP contribution < -0.4 is 0 Å². The molecule has 0 saturated carbocycles. The zero-order valence-electron chi connectivity index (χ0n) is 15.0. The maximum absolute atomic E-state index is 12.6. The molecule has 2 aliphatic heterocycles. The van der Waals surface area contributed by atoms with Crippen LogP contribution in [-0.2, 0) is 25.1 Å². The van der Waals surface area contributed by atoms with Crippen molar-refractivity contribution in [2.75, 3.05) is 26.3 Å². The highest BCUT2D eigenvalue weighted by Crippen LogP contribution is 2.22. The Morgan fingerprint density at radius 3 is 2.50 bits per heavy atom. The van der Waals surface area contributed by atoms with Crippen LogP contribution in [0, 0.1) is 0 Å². The van der Waals surface area contributed by atoms with Gasteiger partial charge in [0.2, 0.25) is 0 Å². The summed E-state index contributed by atoms with van der Waals surface area (Å²) in [5.74, 6) is 0.0575. The van der Waals surface area contributed by atoms with E-state index in [1.807, 2.05) is 30.3 Å². The van der Waals surface area contributed by atoms with Crippen LogP contribution in [0.3, 0.4) is 0 Å². The Labute approximate surface area is 155 Å². The Bertz CT molecular complexity index is 677. The summed E-state index contributed by atoms with van der Waals surface area (Å²) >= 11 is 0. The van der Waals surface area contributed by atoms with Gasteiger partial charge in [0.25, 0.3) is 0 Å². The number of amides is 1. The monoisotopic (exact) mass is 381 g/mol. The second-order valence-corrected chi connectivity index (χ2v) is 9.33. The van der Waals surface area contributed by atoms with Crippen LogP contribution in [0.4, 0.5) is 4.79 Å². The molecule has 7 heteroatoms. The number of piperidine rings is 1. The van der Waals surface area contributed by atoms with Crippen LogP contribution in [0.2, 0.25) is 0 Å². The lowest BCUT2D eigenvalue weighted by molar-refractivity contribution is -0.0286. The largest absolute Gasteiger partial charge is 0.447 e. The van der Waals surface area contributed by atoms with Crippen molar-refractivity contribution in [2.45, 2.75) is 49.2 Å². The number of carbonyl (C=O) groups is 1. The minimum absolute atomic E-state index is 0.00325. The first-order valence-corrected chi connectivity index (χ1v) is 11.0. The summed E-state index contributed by atoms with van der Waals surface area (Å²) in [6.07, 6.45) is 3.65. The summed E-state index contributed by atoms with van der Waals surface area (Å²) in [4.78, 5) is 13.8. The quantitative estimate of drug-likeness (QED) is 0.784. The summed E-state index contributed by atoms with van der Waals surface area (Å²) in [6, 6.07) is 9.23. The van der Waals surface area contributed by atoms with Crippen LogP contribution in [0.15, 0.2) is 30.3 Å². The van der Waals surface area contributed by atoms with Crippen molar-refractivity contribution in [1.82, 2.24) is 4.90 Å². The number of likely N-dealkylation sites (tertiary alicyclic amines) is 1. The van der Waals surface area contributed by atoms with Gasteiger partial charge in [0, 0.05) is 19.7 Å². The normalized spacial score (nSPS) is 22.2. The molecule has 2 aliphatic rings. The molecule has 1 aromatic rings. The van der Waals surface area contributed by atoms with Crippen LogP contribution >= 0.6 is 0 Å². The molecule has 1 aromatic carbocycles. The third-order valence-corrected chi connectivity index (χ3v) is 7.31. The fourth-order valence-electron chi connectivity index (χ4n) is 3.52. The summed E-state index contributed by atoms with van der Waals surface area (Å²) in [7, 11) is -3.21. The van der Waals surface area contributed by atoms with Gasteiger partial charge in [0.05, 0.1) is 17.1 Å². The van der Waals surface area contributed by atoms with Gasteiger partial charge in [0.1, 0.15) is 6.61 Å². The van der Waals surface area contributed by atoms with Gasteiger partial charge >= 0.3 is 6.09 Å². The predicted octanol–water partition coefficient (Wildman–Crippen LogP) is 2.77. The van der Waals surface area contributed by atoms with Crippen LogP contribution in [0.25, 0.3) is 0 Å². The molecular formula is C19H27NO5S. The molecule has 0 aliphatic carbocycles. The van der Waals surface area contributed by atoms with Crippen molar-refractivity contribution in [3.8, 4) is 0 Å². The topological polar surface area (TPSA) is 72.9 Å². The Morgan fingerprint density at radius 1 is 1.12 bits per heavy atom. The second-order valence-electron chi connectivity index (χ2n) is 7.04. The van der Waals surface area contributed by atoms with Gasteiger partial charge in [-0.1, -0.05) is 30.3 Å². The summed E-state index contributed by atoms with van der Waals surface area (Å²) < 4.78 is 36.1. The highest BCUT2D eigenvalue weighted by molar-refractivity contribution is 7.91. The van der Waals surface area contributed by atoms with E-state index in [4.69, 9.17) is 9.47 Å². The molecule has 1 unspecified atom stereocenters. The van der Waals surface area contributed by atoms with Gasteiger partial charge in [0.15, 0.2) is 9.84 Å². The van der Waals surface area contributed by atoms with Crippen LogP contribution in [-0.4, -0.2) is 57.1 Å². The standard InChI is InChI=1S/C19H27NO5S/c21-19(25-14-17-8-4-5-13-24-17)20-11-9-18(10-12-20)26(22,23)15-16-6-2-1-3-7-16/h1-3,6-7,17-18H,4-5,8-15H2. The number of rotatable bonds is 5. The zero-order valence-corrected chi connectivity index (χ0v) is 15.8. The third-order valence-electron chi connectivity index (χ3n) is 5.09. The van der Waals surface area contributed by atoms with Crippen molar-refractivity contribution >= 4 is 15.9 Å². The molecule has 6 nitrogen and oxygen atoms in total. The number of sulfone groups is 1. The Morgan fingerprint density at radius 2 is 1.85 bits per heavy atom. The lowest BCUT2D eigenvalue weighted by atomic mass is 10.1. The van der Waals surface area contributed by atoms with Crippen molar-refractivity contribution in [1.29, 1.82) is 0 Å². The summed E-state index contributed by atoms with van der Waals surface area (Å²) in [6.45, 7) is 1.85. The van der Waals surface area contributed by atoms with E-state index < -0.39 is 15.1 Å². The van der Waals surface area contributed by atoms with E-state index >= 15 is 0 Å². The van der Waals surface area contributed by atoms with E-state index in [1.54, 1.807) is 4.90 Å². The van der Waals surface area contributed by atoms with Gasteiger partial charge in [-0.15, -0.1) is 0 Å². The molecule has 0 N–H and O–H groups in total. The Hall–Kier alpha value is -1.60. The lowest BCUT2D eigenvalue weighted by Crippen LogP contribution is -2.43. The highest BCUT2D eigenvalue weighted by Gasteiger charge is 2.32. The summed E-state index contributed by atoms with van der Waals surface area (Å²) in [5, 5.41) is -0.395. The molecule has 0 radical (unpaired) electrons. The molecule has 2 fully saturated rings. The van der Waals surface area contributed by atoms with Gasteiger partial charge in [-0.05, 0) is 37.7 Å². The average Bonchev–Trinajstić information content (AvgIpc) is 2.67. The van der Waals surface area contributed by atoms with Crippen molar-refractivity contribution < 1.29 is 22.7 Å². The zero-order chi connectivity index (χ0) is 18.4. The smallest absolute Gasteiger partial charge is 0.409 e. The molecule has 0 aromatic heterocycles. The number of hydrogen-bond donors (Lipinski definition) is 0. The van der Waals surface area contributed by atoms with Gasteiger partial charge in [-0.25, -0.2) is 13.2 Å². The Kier molecular flexibility index (Phi) is 6.53. The first-order chi connectivity index (χ1) is 12.5. The lowest BCUT2D eigenvalue weighted by Gasteiger charge is -2.31. The van der Waals surface area contributed by atoms with Crippen LogP contribution in [0.5, 0.6) is 0 Å². The van der Waals surface area contributed by atoms with Crippen molar-refractivity contribution in [2.24, 2.45) is 0 Å². The molecule has 0 bridgehead atoms. The molecule has 2 heterocycles. The molecule has 144 valence electrons. The van der Waals surface area contributed by atoms with Crippen molar-refractivity contribution in [3.05, 3.63) is 35.9 Å². The maximum Gasteiger partial charge on any atom is 0.409 e. The van der Waals surface area contributed by atoms with E-state index in [1.165, 1.54) is 0 Å². The summed E-state index contributed by atoms with van der Waals surface area (Å²) in [5.41, 5.74) is 0.807. The number of hydrogen-bond acceptors (Lipinski definition) is 5. The van der Waals surface area contributed by atoms with Crippen molar-refractivity contribution in [3.63, 3.8) is 0 Å². The van der Waals surface area contributed by atoms with E-state index in [0.29, 0.717) is 25.9 Å². The first kappa shape index (κ1) is 19.2. The second kappa shape index (κ2) is 8.86. The highest BCUT2D eigenvalue weighted by atomic mass is 32.2. The van der Waals surface area contributed by atoms with E-state index in [0.717, 1.165) is 31.4 Å². The predicted molar refractivity (Wildman–Crippen MR) is 98.6 cm³/mol. The van der Waals surface area contributed by atoms with Gasteiger partial charge in [-0.2, -0.15) is 0 Å². The average molecular weight is 381 g/mol. The molecule has 1 amide bonds. The molecular weight excluding hydrogens is 354 g/mol. The van der Waals surface area contributed by atoms with E-state index in [9.17, 15) is 13.2 Å².